The van der Waals surface area contributed by atoms with Gasteiger partial charge < -0.3 is 9.80 Å². The maximum Gasteiger partial charge on any atom is 2.00 e. The second-order valence-corrected chi connectivity index (χ2v) is 13.7. The number of hydrogen-bond donors (Lipinski definition) is 0. The van der Waals surface area contributed by atoms with E-state index >= 15 is 0 Å². The molecular formula is C45H42N4Pt. The van der Waals surface area contributed by atoms with Crippen molar-refractivity contribution in [2.75, 3.05) is 22.9 Å². The zero-order chi connectivity index (χ0) is 37.9. The zero-order valence-corrected chi connectivity index (χ0v) is 31.1. The van der Waals surface area contributed by atoms with Gasteiger partial charge in [-0.05, 0) is 66.5 Å². The maximum atomic E-state index is 8.50. The third kappa shape index (κ3) is 6.31. The van der Waals surface area contributed by atoms with Gasteiger partial charge >= 0.3 is 21.1 Å². The molecule has 8 rings (SSSR count). The Morgan fingerprint density at radius 1 is 0.660 bits per heavy atom. The van der Waals surface area contributed by atoms with E-state index in [9.17, 15) is 0 Å². The molecule has 6 aromatic rings. The summed E-state index contributed by atoms with van der Waals surface area (Å²) in [5.41, 5.74) is 11.3. The first-order valence-electron chi connectivity index (χ1n) is 19.7. The summed E-state index contributed by atoms with van der Waals surface area (Å²) in [6.07, 6.45) is 7.60. The van der Waals surface area contributed by atoms with Crippen molar-refractivity contribution in [2.24, 2.45) is 0 Å². The van der Waals surface area contributed by atoms with Crippen LogP contribution in [0, 0.1) is 26.0 Å². The Balaban J connectivity index is 0.00000465. The SMILES string of the molecule is [2H]c1c([2H])c([2H])c(-c2cnc(N3CCCc4ccc(C(C)(C)c5[c-]c6c(cc5)CCCN6c5cc(C)c(-c6ccccc6)cn5)[c-]c43)cc2C)c([2H])c1[2H].[Pt+2]. The summed E-state index contributed by atoms with van der Waals surface area (Å²) in [5.74, 6) is 1.68. The van der Waals surface area contributed by atoms with E-state index in [1.165, 1.54) is 22.3 Å². The van der Waals surface area contributed by atoms with Crippen LogP contribution in [0.1, 0.15) is 66.9 Å². The molecule has 0 atom stereocenters. The molecule has 4 nitrogen and oxygen atoms in total. The van der Waals surface area contributed by atoms with Crippen molar-refractivity contribution in [3.8, 4) is 22.3 Å². The van der Waals surface area contributed by atoms with Crippen molar-refractivity contribution < 1.29 is 27.9 Å². The molecule has 0 amide bonds. The van der Waals surface area contributed by atoms with Crippen LogP contribution in [0.4, 0.5) is 23.0 Å². The van der Waals surface area contributed by atoms with Gasteiger partial charge in [0.25, 0.3) is 0 Å². The third-order valence-corrected chi connectivity index (χ3v) is 10.2. The van der Waals surface area contributed by atoms with Gasteiger partial charge in [0.15, 0.2) is 0 Å². The van der Waals surface area contributed by atoms with Gasteiger partial charge in [0.2, 0.25) is 0 Å². The van der Waals surface area contributed by atoms with Crippen molar-refractivity contribution in [3.05, 3.63) is 155 Å². The van der Waals surface area contributed by atoms with E-state index in [1.54, 1.807) is 6.20 Å². The largest absolute Gasteiger partial charge is 2.00 e. The number of aryl methyl sites for hydroxylation is 4. The van der Waals surface area contributed by atoms with E-state index in [-0.39, 0.29) is 50.8 Å². The number of nitrogens with zero attached hydrogens (tertiary/aromatic N) is 4. The number of aromatic nitrogens is 2. The van der Waals surface area contributed by atoms with Crippen LogP contribution in [-0.4, -0.2) is 23.1 Å². The molecule has 0 bridgehead atoms. The number of rotatable bonds is 6. The number of anilines is 4. The fourth-order valence-electron chi connectivity index (χ4n) is 7.27. The minimum absolute atomic E-state index is 0. The molecule has 50 heavy (non-hydrogen) atoms. The van der Waals surface area contributed by atoms with E-state index in [1.807, 2.05) is 25.3 Å². The van der Waals surface area contributed by atoms with Crippen molar-refractivity contribution in [2.45, 2.75) is 58.8 Å². The van der Waals surface area contributed by atoms with Crippen molar-refractivity contribution in [1.29, 1.82) is 0 Å². The molecule has 252 valence electrons. The molecule has 4 heterocycles. The molecule has 2 aromatic heterocycles. The average molecular weight is 839 g/mol. The first-order chi connectivity index (χ1) is 25.9. The van der Waals surface area contributed by atoms with Crippen LogP contribution in [0.5, 0.6) is 0 Å². The Hall–Kier alpha value is -4.53. The van der Waals surface area contributed by atoms with Crippen LogP contribution in [0.3, 0.4) is 0 Å². The van der Waals surface area contributed by atoms with E-state index < -0.39 is 11.5 Å². The van der Waals surface area contributed by atoms with Gasteiger partial charge in [-0.15, -0.1) is 11.1 Å². The first kappa shape index (κ1) is 28.2. The first-order valence-corrected chi connectivity index (χ1v) is 17.2. The minimum Gasteiger partial charge on any atom is -0.350 e. The fourth-order valence-corrected chi connectivity index (χ4v) is 7.27. The molecular weight excluding hydrogens is 792 g/mol. The van der Waals surface area contributed by atoms with Crippen molar-refractivity contribution in [3.63, 3.8) is 0 Å². The average Bonchev–Trinajstić information content (AvgIpc) is 3.19. The Labute approximate surface area is 318 Å². The van der Waals surface area contributed by atoms with Gasteiger partial charge in [-0.1, -0.05) is 98.6 Å². The van der Waals surface area contributed by atoms with Crippen LogP contribution in [0.25, 0.3) is 22.3 Å². The van der Waals surface area contributed by atoms with Gasteiger partial charge in [0.05, 0.1) is 6.85 Å². The molecule has 5 heteroatoms. The van der Waals surface area contributed by atoms with Crippen molar-refractivity contribution >= 4 is 23.0 Å². The Morgan fingerprint density at radius 2 is 1.16 bits per heavy atom. The molecule has 2 aliphatic heterocycles. The van der Waals surface area contributed by atoms with Gasteiger partial charge in [0, 0.05) is 36.6 Å². The second kappa shape index (κ2) is 14.0. The molecule has 0 N–H and O–H groups in total. The molecule has 4 aromatic carbocycles. The summed E-state index contributed by atoms with van der Waals surface area (Å²) in [7, 11) is 0. The summed E-state index contributed by atoms with van der Waals surface area (Å²) >= 11 is 0. The van der Waals surface area contributed by atoms with Crippen LogP contribution in [-0.2, 0) is 39.3 Å². The molecule has 0 radical (unpaired) electrons. The molecule has 0 spiro atoms. The smallest absolute Gasteiger partial charge is 0.350 e. The summed E-state index contributed by atoms with van der Waals surface area (Å²) in [6, 6.07) is 29.6. The number of benzene rings is 4. The van der Waals surface area contributed by atoms with Gasteiger partial charge in [0.1, 0.15) is 11.6 Å². The quantitative estimate of drug-likeness (QED) is 0.157. The molecule has 0 saturated heterocycles. The zero-order valence-electron chi connectivity index (χ0n) is 33.9. The van der Waals surface area contributed by atoms with E-state index in [2.05, 4.69) is 97.3 Å². The van der Waals surface area contributed by atoms with Gasteiger partial charge in [-0.2, -0.15) is 47.5 Å². The Morgan fingerprint density at radius 3 is 1.66 bits per heavy atom. The third-order valence-electron chi connectivity index (χ3n) is 10.2. The Bertz CT molecular complexity index is 2410. The molecule has 0 saturated carbocycles. The van der Waals surface area contributed by atoms with Gasteiger partial charge in [-0.3, -0.25) is 0 Å². The second-order valence-electron chi connectivity index (χ2n) is 13.7. The summed E-state index contributed by atoms with van der Waals surface area (Å²) in [4.78, 5) is 14.3. The summed E-state index contributed by atoms with van der Waals surface area (Å²) in [6.45, 7) is 10.2. The molecule has 2 aliphatic rings. The summed E-state index contributed by atoms with van der Waals surface area (Å²) < 4.78 is 41.3. The van der Waals surface area contributed by atoms with Gasteiger partial charge in [-0.25, -0.2) is 9.97 Å². The summed E-state index contributed by atoms with van der Waals surface area (Å²) in [5, 5.41) is 0. The molecule has 0 fully saturated rings. The van der Waals surface area contributed by atoms with Crippen LogP contribution >= 0.6 is 0 Å². The Kier molecular flexibility index (Phi) is 7.90. The standard InChI is InChI=1S/C45H42N4.Pt/c1-31-25-43(46-29-39(31)33-13-7-5-8-14-33)48-23-11-17-35-19-21-37(27-41(35)48)45(3,4)38-22-20-36-18-12-24-49(42(36)28-38)44-26-32(2)40(30-47-44)34-15-9-6-10-16-34;/h5-10,13-16,19-22,25-26,29-30H,11-12,17-18,23-24H2,1-4H3;/q-2;+2/i5D,7D,8D,13D,14D;. The predicted molar refractivity (Wildman–Crippen MR) is 202 cm³/mol. The van der Waals surface area contributed by atoms with E-state index in [0.29, 0.717) is 5.56 Å². The topological polar surface area (TPSA) is 32.3 Å². The molecule has 0 aliphatic carbocycles. The van der Waals surface area contributed by atoms with E-state index in [4.69, 9.17) is 16.8 Å². The van der Waals surface area contributed by atoms with E-state index in [0.717, 1.165) is 84.0 Å². The van der Waals surface area contributed by atoms with Crippen LogP contribution in [0.15, 0.2) is 109 Å². The number of pyridine rings is 2. The van der Waals surface area contributed by atoms with Crippen LogP contribution < -0.4 is 9.80 Å². The normalized spacial score (nSPS) is 15.5. The van der Waals surface area contributed by atoms with Crippen molar-refractivity contribution in [1.82, 2.24) is 9.97 Å². The maximum absolute atomic E-state index is 8.50. The number of hydrogen-bond acceptors (Lipinski definition) is 4. The number of fused-ring (bicyclic) bond motifs is 2. The monoisotopic (exact) mass is 838 g/mol. The fraction of sp³-hybridized carbons (Fsp3) is 0.244. The minimum atomic E-state index is -0.412. The predicted octanol–water partition coefficient (Wildman–Crippen LogP) is 10.5. The van der Waals surface area contributed by atoms with Crippen LogP contribution in [0.2, 0.25) is 0 Å². The molecule has 0 unspecified atom stereocenters.